The summed E-state index contributed by atoms with van der Waals surface area (Å²) in [6.07, 6.45) is 0. The first kappa shape index (κ1) is 19.5. The molecule has 0 bridgehead atoms. The van der Waals surface area contributed by atoms with Crippen LogP contribution in [0.2, 0.25) is 5.02 Å². The second kappa shape index (κ2) is 7.40. The SMILES string of the molecule is CC(C)(C)c1ccc(-c2nc(NC(=O)c3ccc([N+](=O)[O-])cc3Cl)n[nH]2)cc1. The molecule has 0 saturated heterocycles. The zero-order valence-electron chi connectivity index (χ0n) is 15.5. The number of non-ortho nitro benzene ring substituents is 1. The minimum atomic E-state index is -0.583. The monoisotopic (exact) mass is 399 g/mol. The van der Waals surface area contributed by atoms with E-state index in [1.165, 1.54) is 17.7 Å². The molecule has 9 heteroatoms. The Hall–Kier alpha value is -3.26. The molecule has 0 atom stereocenters. The number of halogens is 1. The molecule has 0 radical (unpaired) electrons. The topological polar surface area (TPSA) is 114 Å². The van der Waals surface area contributed by atoms with Crippen LogP contribution in [-0.2, 0) is 5.41 Å². The van der Waals surface area contributed by atoms with Gasteiger partial charge in [-0.3, -0.25) is 25.3 Å². The van der Waals surface area contributed by atoms with Crippen molar-refractivity contribution < 1.29 is 9.72 Å². The summed E-state index contributed by atoms with van der Waals surface area (Å²) in [6.45, 7) is 6.40. The summed E-state index contributed by atoms with van der Waals surface area (Å²) < 4.78 is 0. The van der Waals surface area contributed by atoms with Crippen molar-refractivity contribution >= 4 is 29.1 Å². The van der Waals surface area contributed by atoms with Gasteiger partial charge in [0.15, 0.2) is 5.82 Å². The van der Waals surface area contributed by atoms with E-state index in [4.69, 9.17) is 11.6 Å². The van der Waals surface area contributed by atoms with Gasteiger partial charge >= 0.3 is 0 Å². The lowest BCUT2D eigenvalue weighted by Gasteiger charge is -2.18. The summed E-state index contributed by atoms with van der Waals surface area (Å²) in [5.41, 5.74) is 1.96. The minimum Gasteiger partial charge on any atom is -0.289 e. The first-order chi connectivity index (χ1) is 13.1. The smallest absolute Gasteiger partial charge is 0.270 e. The summed E-state index contributed by atoms with van der Waals surface area (Å²) in [4.78, 5) is 26.8. The van der Waals surface area contributed by atoms with Gasteiger partial charge < -0.3 is 0 Å². The molecule has 0 aliphatic carbocycles. The number of aromatic amines is 1. The summed E-state index contributed by atoms with van der Waals surface area (Å²) in [5, 5.41) is 20.0. The Morgan fingerprint density at radius 3 is 2.43 bits per heavy atom. The molecule has 144 valence electrons. The number of carbonyl (C=O) groups excluding carboxylic acids is 1. The number of anilines is 1. The van der Waals surface area contributed by atoms with Gasteiger partial charge in [-0.15, -0.1) is 5.10 Å². The fraction of sp³-hybridized carbons (Fsp3) is 0.211. The molecule has 0 saturated carbocycles. The quantitative estimate of drug-likeness (QED) is 0.492. The first-order valence-electron chi connectivity index (χ1n) is 8.44. The van der Waals surface area contributed by atoms with E-state index in [-0.39, 0.29) is 27.6 Å². The van der Waals surface area contributed by atoms with Gasteiger partial charge in [-0.2, -0.15) is 4.98 Å². The lowest BCUT2D eigenvalue weighted by atomic mass is 9.87. The molecular formula is C19H18ClN5O3. The van der Waals surface area contributed by atoms with E-state index in [0.29, 0.717) is 5.82 Å². The molecule has 0 fully saturated rings. The zero-order chi connectivity index (χ0) is 20.5. The van der Waals surface area contributed by atoms with Crippen LogP contribution in [-0.4, -0.2) is 26.0 Å². The highest BCUT2D eigenvalue weighted by atomic mass is 35.5. The van der Waals surface area contributed by atoms with Crippen molar-refractivity contribution in [3.8, 4) is 11.4 Å². The Morgan fingerprint density at radius 2 is 1.86 bits per heavy atom. The number of hydrogen-bond acceptors (Lipinski definition) is 5. The van der Waals surface area contributed by atoms with Gasteiger partial charge in [0, 0.05) is 17.7 Å². The molecule has 3 aromatic rings. The molecule has 2 aromatic carbocycles. The molecule has 3 rings (SSSR count). The summed E-state index contributed by atoms with van der Waals surface area (Å²) in [7, 11) is 0. The Labute approximate surface area is 166 Å². The van der Waals surface area contributed by atoms with Crippen LogP contribution in [0.15, 0.2) is 42.5 Å². The first-order valence-corrected chi connectivity index (χ1v) is 8.81. The summed E-state index contributed by atoms with van der Waals surface area (Å²) >= 11 is 5.97. The lowest BCUT2D eigenvalue weighted by Crippen LogP contribution is -2.13. The van der Waals surface area contributed by atoms with Gasteiger partial charge in [-0.25, -0.2) is 0 Å². The van der Waals surface area contributed by atoms with Crippen molar-refractivity contribution in [2.24, 2.45) is 0 Å². The summed E-state index contributed by atoms with van der Waals surface area (Å²) in [5.74, 6) is 0.0217. The number of nitro benzene ring substituents is 1. The fourth-order valence-corrected chi connectivity index (χ4v) is 2.81. The molecular weight excluding hydrogens is 382 g/mol. The third kappa shape index (κ3) is 4.17. The molecule has 0 aliphatic heterocycles. The average molecular weight is 400 g/mol. The number of nitro groups is 1. The van der Waals surface area contributed by atoms with E-state index >= 15 is 0 Å². The average Bonchev–Trinajstić information content (AvgIpc) is 3.09. The number of carbonyl (C=O) groups is 1. The highest BCUT2D eigenvalue weighted by Gasteiger charge is 2.17. The Balaban J connectivity index is 1.76. The maximum atomic E-state index is 12.4. The number of rotatable bonds is 4. The van der Waals surface area contributed by atoms with Crippen molar-refractivity contribution in [2.45, 2.75) is 26.2 Å². The van der Waals surface area contributed by atoms with E-state index in [9.17, 15) is 14.9 Å². The maximum Gasteiger partial charge on any atom is 0.270 e. The molecule has 0 spiro atoms. The van der Waals surface area contributed by atoms with Crippen LogP contribution in [0.4, 0.5) is 11.6 Å². The molecule has 2 N–H and O–H groups in total. The van der Waals surface area contributed by atoms with Gasteiger partial charge in [-0.05, 0) is 17.0 Å². The number of nitrogens with zero attached hydrogens (tertiary/aromatic N) is 3. The van der Waals surface area contributed by atoms with E-state index in [1.54, 1.807) is 0 Å². The van der Waals surface area contributed by atoms with Crippen LogP contribution in [0, 0.1) is 10.1 Å². The van der Waals surface area contributed by atoms with Gasteiger partial charge in [0.25, 0.3) is 11.6 Å². The minimum absolute atomic E-state index is 0.0276. The van der Waals surface area contributed by atoms with E-state index in [0.717, 1.165) is 11.6 Å². The van der Waals surface area contributed by atoms with Crippen molar-refractivity contribution in [3.05, 3.63) is 68.7 Å². The Bertz CT molecular complexity index is 1040. The van der Waals surface area contributed by atoms with Crippen LogP contribution < -0.4 is 5.32 Å². The van der Waals surface area contributed by atoms with Crippen LogP contribution in [0.1, 0.15) is 36.7 Å². The molecule has 1 heterocycles. The number of amides is 1. The van der Waals surface area contributed by atoms with Crippen molar-refractivity contribution in [2.75, 3.05) is 5.32 Å². The zero-order valence-corrected chi connectivity index (χ0v) is 16.2. The fourth-order valence-electron chi connectivity index (χ4n) is 2.55. The number of benzene rings is 2. The molecule has 0 aliphatic rings. The lowest BCUT2D eigenvalue weighted by molar-refractivity contribution is -0.384. The van der Waals surface area contributed by atoms with Crippen LogP contribution >= 0.6 is 11.6 Å². The number of hydrogen-bond donors (Lipinski definition) is 2. The highest BCUT2D eigenvalue weighted by molar-refractivity contribution is 6.34. The van der Waals surface area contributed by atoms with E-state index < -0.39 is 10.8 Å². The molecule has 28 heavy (non-hydrogen) atoms. The van der Waals surface area contributed by atoms with Crippen LogP contribution in [0.3, 0.4) is 0 Å². The molecule has 8 nitrogen and oxygen atoms in total. The third-order valence-corrected chi connectivity index (χ3v) is 4.46. The highest BCUT2D eigenvalue weighted by Crippen LogP contribution is 2.26. The molecule has 1 aromatic heterocycles. The third-order valence-electron chi connectivity index (χ3n) is 4.14. The largest absolute Gasteiger partial charge is 0.289 e. The van der Waals surface area contributed by atoms with E-state index in [2.05, 4.69) is 41.3 Å². The molecule has 1 amide bonds. The number of aromatic nitrogens is 3. The Kier molecular flexibility index (Phi) is 5.15. The number of nitrogens with one attached hydrogen (secondary N) is 2. The second-order valence-electron chi connectivity index (χ2n) is 7.21. The van der Waals surface area contributed by atoms with Crippen molar-refractivity contribution in [1.82, 2.24) is 15.2 Å². The standard InChI is InChI=1S/C19H18ClN5O3/c1-19(2,3)12-6-4-11(5-7-12)16-21-18(24-23-16)22-17(26)14-9-8-13(25(27)28)10-15(14)20/h4-10H,1-3H3,(H2,21,22,23,24,26). The normalized spacial score (nSPS) is 11.3. The van der Waals surface area contributed by atoms with E-state index in [1.807, 2.05) is 24.3 Å². The molecule has 0 unspecified atom stereocenters. The van der Waals surface area contributed by atoms with Gasteiger partial charge in [-0.1, -0.05) is 56.6 Å². The maximum absolute atomic E-state index is 12.4. The van der Waals surface area contributed by atoms with Gasteiger partial charge in [0.1, 0.15) is 0 Å². The van der Waals surface area contributed by atoms with Crippen LogP contribution in [0.5, 0.6) is 0 Å². The van der Waals surface area contributed by atoms with Crippen molar-refractivity contribution in [1.29, 1.82) is 0 Å². The predicted octanol–water partition coefficient (Wildman–Crippen LogP) is 4.58. The number of H-pyrrole nitrogens is 1. The van der Waals surface area contributed by atoms with Gasteiger partial charge in [0.2, 0.25) is 5.95 Å². The van der Waals surface area contributed by atoms with Crippen molar-refractivity contribution in [3.63, 3.8) is 0 Å². The summed E-state index contributed by atoms with van der Waals surface area (Å²) in [6, 6.07) is 11.5. The Morgan fingerprint density at radius 1 is 1.18 bits per heavy atom. The second-order valence-corrected chi connectivity index (χ2v) is 7.62. The van der Waals surface area contributed by atoms with Crippen LogP contribution in [0.25, 0.3) is 11.4 Å². The van der Waals surface area contributed by atoms with Gasteiger partial charge in [0.05, 0.1) is 15.5 Å². The predicted molar refractivity (Wildman–Crippen MR) is 107 cm³/mol.